The molecule has 7 heteroatoms. The van der Waals surface area contributed by atoms with E-state index < -0.39 is 5.97 Å². The smallest absolute Gasteiger partial charge is 0.335 e. The minimum atomic E-state index is -0.870. The van der Waals surface area contributed by atoms with Crippen LogP contribution in [0.25, 0.3) is 10.2 Å². The van der Waals surface area contributed by atoms with Crippen LogP contribution >= 0.6 is 11.3 Å². The third kappa shape index (κ3) is 3.81. The molecule has 0 radical (unpaired) electrons. The number of anilines is 1. The largest absolute Gasteiger partial charge is 0.478 e. The van der Waals surface area contributed by atoms with Gasteiger partial charge in [-0.2, -0.15) is 0 Å². The van der Waals surface area contributed by atoms with Gasteiger partial charge in [0.25, 0.3) is 0 Å². The van der Waals surface area contributed by atoms with Crippen LogP contribution in [0.2, 0.25) is 0 Å². The number of aromatic nitrogens is 2. The summed E-state index contributed by atoms with van der Waals surface area (Å²) in [6.45, 7) is 0.774. The van der Waals surface area contributed by atoms with Crippen molar-refractivity contribution in [3.05, 3.63) is 52.2 Å². The molecule has 31 heavy (non-hydrogen) atoms. The van der Waals surface area contributed by atoms with Crippen molar-refractivity contribution >= 4 is 33.3 Å². The predicted molar refractivity (Wildman–Crippen MR) is 124 cm³/mol. The van der Waals surface area contributed by atoms with Crippen LogP contribution in [0.5, 0.6) is 0 Å². The molecule has 0 amide bonds. The van der Waals surface area contributed by atoms with Crippen LogP contribution in [-0.2, 0) is 13.0 Å². The molecule has 0 saturated heterocycles. The second-order valence-corrected chi connectivity index (χ2v) is 10.1. The van der Waals surface area contributed by atoms with Gasteiger partial charge in [-0.15, -0.1) is 11.3 Å². The van der Waals surface area contributed by atoms with E-state index in [2.05, 4.69) is 21.9 Å². The third-order valence-electron chi connectivity index (χ3n) is 7.17. The predicted octanol–water partition coefficient (Wildman–Crippen LogP) is 4.69. The summed E-state index contributed by atoms with van der Waals surface area (Å²) in [4.78, 5) is 24.9. The maximum Gasteiger partial charge on any atom is 0.335 e. The molecule has 3 atom stereocenters. The zero-order valence-electron chi connectivity index (χ0n) is 17.8. The standard InChI is InChI=1S/C24H28N4O2S/c1-28(12-14-4-2-6-16(10-14)24(29)30)17-7-3-5-15(11-17)18-8-9-19-20(18)21-22(25)26-13-27-23(21)31-19/h2,4,6,10,13,15,17-18H,3,5,7-9,11-12H2,1H3,(H,29,30)(H2,25,26,27)/t15?,17-,18?/m0/s1. The maximum atomic E-state index is 11.3. The highest BCUT2D eigenvalue weighted by Gasteiger charge is 2.37. The molecule has 6 nitrogen and oxygen atoms in total. The fourth-order valence-electron chi connectivity index (χ4n) is 5.69. The molecule has 3 N–H and O–H groups in total. The van der Waals surface area contributed by atoms with E-state index in [1.54, 1.807) is 29.8 Å². The van der Waals surface area contributed by atoms with Gasteiger partial charge in [0, 0.05) is 17.5 Å². The van der Waals surface area contributed by atoms with Gasteiger partial charge in [0.2, 0.25) is 0 Å². The Labute approximate surface area is 186 Å². The average molecular weight is 437 g/mol. The fourth-order valence-corrected chi connectivity index (χ4v) is 6.92. The monoisotopic (exact) mass is 436 g/mol. The zero-order valence-corrected chi connectivity index (χ0v) is 18.6. The van der Waals surface area contributed by atoms with Gasteiger partial charge in [-0.05, 0) is 74.2 Å². The van der Waals surface area contributed by atoms with Gasteiger partial charge in [0.05, 0.1) is 10.9 Å². The second kappa shape index (κ2) is 8.20. The minimum Gasteiger partial charge on any atom is -0.478 e. The number of rotatable bonds is 5. The van der Waals surface area contributed by atoms with Crippen LogP contribution in [0, 0.1) is 5.92 Å². The number of thiophene rings is 1. The Hall–Kier alpha value is -2.51. The highest BCUT2D eigenvalue weighted by Crippen LogP contribution is 2.51. The first-order valence-corrected chi connectivity index (χ1v) is 11.9. The summed E-state index contributed by atoms with van der Waals surface area (Å²) in [5, 5.41) is 10.4. The Balaban J connectivity index is 1.33. The van der Waals surface area contributed by atoms with E-state index in [-0.39, 0.29) is 0 Å². The lowest BCUT2D eigenvalue weighted by atomic mass is 9.75. The topological polar surface area (TPSA) is 92.3 Å². The Morgan fingerprint density at radius 3 is 3.00 bits per heavy atom. The lowest BCUT2D eigenvalue weighted by molar-refractivity contribution is 0.0696. The van der Waals surface area contributed by atoms with Gasteiger partial charge in [-0.25, -0.2) is 14.8 Å². The normalized spacial score (nSPS) is 23.4. The number of carboxylic acids is 1. The number of benzene rings is 1. The van der Waals surface area contributed by atoms with Gasteiger partial charge in [0.15, 0.2) is 0 Å². The molecule has 2 heterocycles. The molecule has 2 unspecified atom stereocenters. The lowest BCUT2D eigenvalue weighted by Gasteiger charge is -2.38. The quantitative estimate of drug-likeness (QED) is 0.603. The molecule has 2 aliphatic carbocycles. The van der Waals surface area contributed by atoms with Crippen molar-refractivity contribution in [1.29, 1.82) is 0 Å². The maximum absolute atomic E-state index is 11.3. The molecule has 5 rings (SSSR count). The summed E-state index contributed by atoms with van der Waals surface area (Å²) < 4.78 is 0. The molecular weight excluding hydrogens is 408 g/mol. The first kappa shape index (κ1) is 20.4. The number of nitrogen functional groups attached to an aromatic ring is 1. The number of nitrogens with two attached hydrogens (primary N) is 1. The van der Waals surface area contributed by atoms with Crippen LogP contribution in [0.15, 0.2) is 30.6 Å². The zero-order chi connectivity index (χ0) is 21.5. The number of hydrogen-bond acceptors (Lipinski definition) is 6. The summed E-state index contributed by atoms with van der Waals surface area (Å²) in [6.07, 6.45) is 8.75. The highest BCUT2D eigenvalue weighted by molar-refractivity contribution is 7.19. The van der Waals surface area contributed by atoms with Gasteiger partial charge >= 0.3 is 5.97 Å². The molecular formula is C24H28N4O2S. The lowest BCUT2D eigenvalue weighted by Crippen LogP contribution is -2.36. The minimum absolute atomic E-state index is 0.357. The van der Waals surface area contributed by atoms with Crippen LogP contribution in [-0.4, -0.2) is 39.0 Å². The van der Waals surface area contributed by atoms with E-state index in [1.165, 1.54) is 42.5 Å². The van der Waals surface area contributed by atoms with Crippen molar-refractivity contribution in [3.63, 3.8) is 0 Å². The summed E-state index contributed by atoms with van der Waals surface area (Å²) in [5.41, 5.74) is 9.11. The molecule has 0 spiro atoms. The first-order valence-electron chi connectivity index (χ1n) is 11.1. The Morgan fingerprint density at radius 2 is 2.16 bits per heavy atom. The number of aryl methyl sites for hydroxylation is 1. The molecule has 2 aliphatic rings. The Morgan fingerprint density at radius 1 is 1.29 bits per heavy atom. The van der Waals surface area contributed by atoms with Crippen molar-refractivity contribution in [2.24, 2.45) is 5.92 Å². The van der Waals surface area contributed by atoms with E-state index in [4.69, 9.17) is 5.73 Å². The number of carboxylic acid groups (broad SMARTS) is 1. The molecule has 0 aliphatic heterocycles. The molecule has 162 valence electrons. The van der Waals surface area contributed by atoms with Crippen molar-refractivity contribution < 1.29 is 9.90 Å². The third-order valence-corrected chi connectivity index (χ3v) is 8.34. The van der Waals surface area contributed by atoms with Crippen LogP contribution in [0.4, 0.5) is 5.82 Å². The van der Waals surface area contributed by atoms with Gasteiger partial charge < -0.3 is 10.8 Å². The van der Waals surface area contributed by atoms with Crippen LogP contribution in [0.1, 0.15) is 64.4 Å². The van der Waals surface area contributed by atoms with E-state index in [9.17, 15) is 9.90 Å². The van der Waals surface area contributed by atoms with Crippen molar-refractivity contribution in [1.82, 2.24) is 14.9 Å². The highest BCUT2D eigenvalue weighted by atomic mass is 32.1. The molecule has 0 bridgehead atoms. The van der Waals surface area contributed by atoms with Gasteiger partial charge in [-0.1, -0.05) is 18.6 Å². The summed E-state index contributed by atoms with van der Waals surface area (Å²) in [7, 11) is 2.17. The van der Waals surface area contributed by atoms with E-state index in [1.807, 2.05) is 12.1 Å². The number of fused-ring (bicyclic) bond motifs is 3. The molecule has 1 saturated carbocycles. The average Bonchev–Trinajstić information content (AvgIpc) is 3.33. The van der Waals surface area contributed by atoms with E-state index >= 15 is 0 Å². The summed E-state index contributed by atoms with van der Waals surface area (Å²) in [5.74, 6) is 0.941. The first-order chi connectivity index (χ1) is 15.0. The number of carbonyl (C=O) groups is 1. The number of aromatic carboxylic acids is 1. The van der Waals surface area contributed by atoms with Gasteiger partial charge in [-0.3, -0.25) is 4.90 Å². The Bertz CT molecular complexity index is 1130. The summed E-state index contributed by atoms with van der Waals surface area (Å²) in [6, 6.07) is 7.82. The SMILES string of the molecule is CN(Cc1cccc(C(=O)O)c1)[C@H]1CCCC(C2CCc3sc4ncnc(N)c4c32)C1. The van der Waals surface area contributed by atoms with Gasteiger partial charge in [0.1, 0.15) is 17.0 Å². The second-order valence-electron chi connectivity index (χ2n) is 9.02. The van der Waals surface area contributed by atoms with Crippen molar-refractivity contribution in [2.45, 2.75) is 57.0 Å². The van der Waals surface area contributed by atoms with Crippen molar-refractivity contribution in [2.75, 3.05) is 12.8 Å². The Kier molecular flexibility index (Phi) is 5.40. The van der Waals surface area contributed by atoms with Crippen LogP contribution < -0.4 is 5.73 Å². The molecule has 1 aromatic carbocycles. The van der Waals surface area contributed by atoms with E-state index in [0.717, 1.165) is 28.7 Å². The number of nitrogens with zero attached hydrogens (tertiary/aromatic N) is 3. The van der Waals surface area contributed by atoms with E-state index in [0.29, 0.717) is 29.3 Å². The fraction of sp³-hybridized carbons (Fsp3) is 0.458. The molecule has 3 aromatic rings. The molecule has 2 aromatic heterocycles. The molecule has 1 fully saturated rings. The van der Waals surface area contributed by atoms with Crippen LogP contribution in [0.3, 0.4) is 0 Å². The summed E-state index contributed by atoms with van der Waals surface area (Å²) >= 11 is 1.79. The van der Waals surface area contributed by atoms with Crippen molar-refractivity contribution in [3.8, 4) is 0 Å². The number of hydrogen-bond donors (Lipinski definition) is 2.